The predicted molar refractivity (Wildman–Crippen MR) is 83.1 cm³/mol. The molecule has 0 aliphatic heterocycles. The maximum absolute atomic E-state index is 5.64. The van der Waals surface area contributed by atoms with Gasteiger partial charge < -0.3 is 9.73 Å². The largest absolute Gasteiger partial charge is 0.441 e. The van der Waals surface area contributed by atoms with Crippen LogP contribution in [0.15, 0.2) is 22.6 Å². The number of benzene rings is 1. The summed E-state index contributed by atoms with van der Waals surface area (Å²) in [6.45, 7) is 3.15. The monoisotopic (exact) mass is 272 g/mol. The summed E-state index contributed by atoms with van der Waals surface area (Å²) in [6.07, 6.45) is 9.23. The van der Waals surface area contributed by atoms with Crippen LogP contribution in [0.3, 0.4) is 0 Å². The van der Waals surface area contributed by atoms with Crippen LogP contribution in [-0.4, -0.2) is 11.5 Å². The molecule has 3 rings (SSSR count). The topological polar surface area (TPSA) is 38.1 Å². The van der Waals surface area contributed by atoms with Gasteiger partial charge in [0.25, 0.3) is 0 Å². The minimum Gasteiger partial charge on any atom is -0.441 e. The summed E-state index contributed by atoms with van der Waals surface area (Å²) in [5, 5.41) is 3.58. The van der Waals surface area contributed by atoms with Gasteiger partial charge in [-0.25, -0.2) is 4.98 Å². The molecule has 1 N–H and O–H groups in total. The average Bonchev–Trinajstić information content (AvgIpc) is 2.71. The summed E-state index contributed by atoms with van der Waals surface area (Å²) in [5.74, 6) is 1.65. The second-order valence-electron chi connectivity index (χ2n) is 5.88. The van der Waals surface area contributed by atoms with Crippen molar-refractivity contribution in [1.29, 1.82) is 0 Å². The Morgan fingerprint density at radius 3 is 2.75 bits per heavy atom. The molecule has 2 aromatic rings. The molecule has 1 aliphatic rings. The average molecular weight is 272 g/mol. The van der Waals surface area contributed by atoms with Gasteiger partial charge in [-0.1, -0.05) is 32.6 Å². The molecule has 0 saturated heterocycles. The number of hydrogen-bond acceptors (Lipinski definition) is 3. The van der Waals surface area contributed by atoms with E-state index in [2.05, 4.69) is 29.4 Å². The molecule has 1 heterocycles. The molecule has 1 aromatic carbocycles. The lowest BCUT2D eigenvalue weighted by Crippen LogP contribution is -2.13. The number of aryl methyl sites for hydroxylation is 1. The van der Waals surface area contributed by atoms with Crippen molar-refractivity contribution in [2.75, 3.05) is 11.9 Å². The summed E-state index contributed by atoms with van der Waals surface area (Å²) in [6, 6.07) is 6.23. The molecule has 1 fully saturated rings. The molecule has 3 heteroatoms. The number of fused-ring (bicyclic) bond motifs is 1. The highest BCUT2D eigenvalue weighted by atomic mass is 16.3. The Morgan fingerprint density at radius 2 is 2.00 bits per heavy atom. The van der Waals surface area contributed by atoms with Gasteiger partial charge in [0.2, 0.25) is 0 Å². The quantitative estimate of drug-likeness (QED) is 0.814. The van der Waals surface area contributed by atoms with Gasteiger partial charge in [0, 0.05) is 18.7 Å². The molecule has 1 aliphatic carbocycles. The molecular weight excluding hydrogens is 248 g/mol. The number of nitrogens with one attached hydrogen (secondary N) is 1. The van der Waals surface area contributed by atoms with Crippen LogP contribution in [0.4, 0.5) is 5.69 Å². The van der Waals surface area contributed by atoms with E-state index in [1.807, 2.05) is 6.07 Å². The molecule has 0 atom stereocenters. The van der Waals surface area contributed by atoms with Crippen LogP contribution >= 0.6 is 0 Å². The zero-order chi connectivity index (χ0) is 13.8. The summed E-state index contributed by atoms with van der Waals surface area (Å²) >= 11 is 0. The molecule has 0 unspecified atom stereocenters. The van der Waals surface area contributed by atoms with Gasteiger partial charge in [-0.3, -0.25) is 0 Å². The summed E-state index contributed by atoms with van der Waals surface area (Å²) in [7, 11) is 0. The first-order chi connectivity index (χ1) is 9.85. The van der Waals surface area contributed by atoms with Crippen LogP contribution in [0.5, 0.6) is 0 Å². The first-order valence-corrected chi connectivity index (χ1v) is 7.98. The Bertz CT molecular complexity index is 553. The van der Waals surface area contributed by atoms with E-state index in [0.29, 0.717) is 0 Å². The van der Waals surface area contributed by atoms with Gasteiger partial charge in [0.1, 0.15) is 5.52 Å². The van der Waals surface area contributed by atoms with E-state index in [9.17, 15) is 0 Å². The minimum atomic E-state index is 0.820. The van der Waals surface area contributed by atoms with E-state index in [-0.39, 0.29) is 0 Å². The van der Waals surface area contributed by atoms with Gasteiger partial charge in [0.05, 0.1) is 0 Å². The number of nitrogens with zero attached hydrogens (tertiary/aromatic N) is 1. The SMILES string of the molecule is CCc1nc2cc(NCC3CCCCCC3)ccc2o1. The molecule has 0 radical (unpaired) electrons. The van der Waals surface area contributed by atoms with E-state index < -0.39 is 0 Å². The van der Waals surface area contributed by atoms with Crippen LogP contribution in [0.25, 0.3) is 11.1 Å². The fourth-order valence-electron chi connectivity index (χ4n) is 3.07. The Hall–Kier alpha value is -1.51. The van der Waals surface area contributed by atoms with E-state index in [0.717, 1.165) is 41.6 Å². The van der Waals surface area contributed by atoms with Crippen molar-refractivity contribution in [1.82, 2.24) is 4.98 Å². The highest BCUT2D eigenvalue weighted by molar-refractivity contribution is 5.77. The van der Waals surface area contributed by atoms with Crippen LogP contribution < -0.4 is 5.32 Å². The molecular formula is C17H24N2O. The normalized spacial score (nSPS) is 17.2. The molecule has 0 amide bonds. The number of oxazole rings is 1. The second-order valence-corrected chi connectivity index (χ2v) is 5.88. The van der Waals surface area contributed by atoms with Crippen LogP contribution in [0, 0.1) is 5.92 Å². The Kier molecular flexibility index (Phi) is 4.24. The van der Waals surface area contributed by atoms with E-state index in [1.54, 1.807) is 0 Å². The minimum absolute atomic E-state index is 0.820. The molecule has 20 heavy (non-hydrogen) atoms. The number of aromatic nitrogens is 1. The van der Waals surface area contributed by atoms with E-state index in [4.69, 9.17) is 4.42 Å². The number of anilines is 1. The lowest BCUT2D eigenvalue weighted by Gasteiger charge is -2.15. The first-order valence-electron chi connectivity index (χ1n) is 7.98. The lowest BCUT2D eigenvalue weighted by atomic mass is 10.0. The van der Waals surface area contributed by atoms with E-state index in [1.165, 1.54) is 38.5 Å². The van der Waals surface area contributed by atoms with Crippen molar-refractivity contribution in [2.45, 2.75) is 51.9 Å². The third-order valence-electron chi connectivity index (χ3n) is 4.30. The van der Waals surface area contributed by atoms with Gasteiger partial charge >= 0.3 is 0 Å². The lowest BCUT2D eigenvalue weighted by molar-refractivity contribution is 0.483. The van der Waals surface area contributed by atoms with Crippen molar-refractivity contribution in [3.63, 3.8) is 0 Å². The standard InChI is InChI=1S/C17H24N2O/c1-2-17-19-15-11-14(9-10-16(15)20-17)18-12-13-7-5-3-4-6-8-13/h9-11,13,18H,2-8,12H2,1H3. The fraction of sp³-hybridized carbons (Fsp3) is 0.588. The van der Waals surface area contributed by atoms with Crippen molar-refractivity contribution < 1.29 is 4.42 Å². The summed E-state index contributed by atoms with van der Waals surface area (Å²) < 4.78 is 5.64. The highest BCUT2D eigenvalue weighted by Crippen LogP contribution is 2.24. The highest BCUT2D eigenvalue weighted by Gasteiger charge is 2.12. The molecule has 0 spiro atoms. The second kappa shape index (κ2) is 6.29. The molecule has 3 nitrogen and oxygen atoms in total. The van der Waals surface area contributed by atoms with Gasteiger partial charge in [-0.05, 0) is 37.0 Å². The first kappa shape index (κ1) is 13.5. The molecule has 1 aromatic heterocycles. The smallest absolute Gasteiger partial charge is 0.195 e. The third-order valence-corrected chi connectivity index (χ3v) is 4.30. The Labute approximate surface area is 120 Å². The maximum Gasteiger partial charge on any atom is 0.195 e. The van der Waals surface area contributed by atoms with Gasteiger partial charge in [-0.15, -0.1) is 0 Å². The van der Waals surface area contributed by atoms with Crippen LogP contribution in [0.1, 0.15) is 51.3 Å². The number of hydrogen-bond donors (Lipinski definition) is 1. The van der Waals surface area contributed by atoms with Crippen LogP contribution in [-0.2, 0) is 6.42 Å². The van der Waals surface area contributed by atoms with Crippen molar-refractivity contribution in [3.05, 3.63) is 24.1 Å². The fourth-order valence-corrected chi connectivity index (χ4v) is 3.07. The van der Waals surface area contributed by atoms with Gasteiger partial charge in [-0.2, -0.15) is 0 Å². The van der Waals surface area contributed by atoms with Crippen molar-refractivity contribution >= 4 is 16.8 Å². The number of rotatable bonds is 4. The zero-order valence-corrected chi connectivity index (χ0v) is 12.3. The summed E-state index contributed by atoms with van der Waals surface area (Å²) in [5.41, 5.74) is 3.02. The predicted octanol–water partition coefficient (Wildman–Crippen LogP) is 4.77. The van der Waals surface area contributed by atoms with Crippen molar-refractivity contribution in [2.24, 2.45) is 5.92 Å². The van der Waals surface area contributed by atoms with Gasteiger partial charge in [0.15, 0.2) is 11.5 Å². The van der Waals surface area contributed by atoms with E-state index >= 15 is 0 Å². The molecule has 0 bridgehead atoms. The Morgan fingerprint density at radius 1 is 1.20 bits per heavy atom. The molecule has 108 valence electrons. The zero-order valence-electron chi connectivity index (χ0n) is 12.3. The van der Waals surface area contributed by atoms with Crippen molar-refractivity contribution in [3.8, 4) is 0 Å². The molecule has 1 saturated carbocycles. The Balaban J connectivity index is 1.64. The summed E-state index contributed by atoms with van der Waals surface area (Å²) in [4.78, 5) is 4.49. The van der Waals surface area contributed by atoms with Crippen LogP contribution in [0.2, 0.25) is 0 Å². The maximum atomic E-state index is 5.64. The third kappa shape index (κ3) is 3.14.